The van der Waals surface area contributed by atoms with Crippen LogP contribution in [0.3, 0.4) is 0 Å². The summed E-state index contributed by atoms with van der Waals surface area (Å²) in [6.07, 6.45) is -1.48. The summed E-state index contributed by atoms with van der Waals surface area (Å²) in [5.74, 6) is 0.560. The second kappa shape index (κ2) is 9.53. The third kappa shape index (κ3) is 3.82. The number of fused-ring (bicyclic) bond motifs is 6. The van der Waals surface area contributed by atoms with E-state index in [0.29, 0.717) is 47.1 Å². The molecule has 0 radical (unpaired) electrons. The van der Waals surface area contributed by atoms with E-state index in [1.807, 2.05) is 33.0 Å². The molecule has 5 heterocycles. The molecule has 36 heavy (non-hydrogen) atoms. The molecule has 0 amide bonds. The van der Waals surface area contributed by atoms with E-state index in [0.717, 1.165) is 35.1 Å². The number of nitrogens with one attached hydrogen (secondary N) is 1. The Balaban J connectivity index is 0.00000130. The second-order valence-corrected chi connectivity index (χ2v) is 8.85. The van der Waals surface area contributed by atoms with E-state index in [1.54, 1.807) is 10.6 Å². The fraction of sp³-hybridized carbons (Fsp3) is 0.423. The topological polar surface area (TPSA) is 115 Å². The molecule has 1 unspecified atom stereocenters. The van der Waals surface area contributed by atoms with Gasteiger partial charge in [-0.3, -0.25) is 4.79 Å². The van der Waals surface area contributed by atoms with Crippen LogP contribution in [0.2, 0.25) is 0 Å². The maximum absolute atomic E-state index is 13.3. The highest BCUT2D eigenvalue weighted by Crippen LogP contribution is 2.42. The number of carbonyl (C=O) groups excluding carboxylic acids is 1. The fourth-order valence-electron chi connectivity index (χ4n) is 4.93. The summed E-state index contributed by atoms with van der Waals surface area (Å²) < 4.78 is 17.8. The lowest BCUT2D eigenvalue weighted by atomic mass is 9.98. The van der Waals surface area contributed by atoms with Crippen molar-refractivity contribution in [3.63, 3.8) is 0 Å². The van der Waals surface area contributed by atoms with Crippen LogP contribution in [0.1, 0.15) is 42.2 Å². The molecular weight excluding hydrogens is 464 g/mol. The van der Waals surface area contributed by atoms with Gasteiger partial charge < -0.3 is 34.1 Å². The average Bonchev–Trinajstić information content (AvgIpc) is 3.50. The van der Waals surface area contributed by atoms with Gasteiger partial charge in [-0.1, -0.05) is 13.8 Å². The van der Waals surface area contributed by atoms with Crippen LogP contribution in [-0.4, -0.2) is 59.5 Å². The number of aliphatic hydroxyl groups excluding tert-OH is 1. The molecule has 10 nitrogen and oxygen atoms in total. The number of benzene rings is 1. The molecule has 3 aromatic rings. The van der Waals surface area contributed by atoms with Crippen molar-refractivity contribution >= 4 is 16.9 Å². The molecule has 6 rings (SSSR count). The first-order chi connectivity index (χ1) is 17.5. The van der Waals surface area contributed by atoms with Crippen molar-refractivity contribution in [3.8, 4) is 22.9 Å². The summed E-state index contributed by atoms with van der Waals surface area (Å²) in [6.45, 7) is 6.71. The summed E-state index contributed by atoms with van der Waals surface area (Å²) in [4.78, 5) is 32.4. The van der Waals surface area contributed by atoms with Crippen molar-refractivity contribution < 1.29 is 24.1 Å². The van der Waals surface area contributed by atoms with Crippen LogP contribution >= 0.6 is 0 Å². The van der Waals surface area contributed by atoms with Gasteiger partial charge >= 0.3 is 5.97 Å². The average molecular weight is 495 g/mol. The highest BCUT2D eigenvalue weighted by Gasteiger charge is 2.35. The van der Waals surface area contributed by atoms with E-state index in [4.69, 9.17) is 19.2 Å². The zero-order valence-corrected chi connectivity index (χ0v) is 20.9. The van der Waals surface area contributed by atoms with E-state index in [2.05, 4.69) is 17.3 Å². The van der Waals surface area contributed by atoms with E-state index < -0.39 is 12.1 Å². The number of carbonyl (C=O) groups is 1. The first-order valence-electron chi connectivity index (χ1n) is 12.2. The number of ether oxygens (including phenoxy) is 3. The van der Waals surface area contributed by atoms with Gasteiger partial charge in [0.2, 0.25) is 6.79 Å². The minimum atomic E-state index is -1.48. The first kappa shape index (κ1) is 24.2. The van der Waals surface area contributed by atoms with Gasteiger partial charge in [0.1, 0.15) is 6.61 Å². The smallest absolute Gasteiger partial charge is 0.340 e. The third-order valence-corrected chi connectivity index (χ3v) is 6.74. The number of rotatable bonds is 5. The molecule has 0 saturated carbocycles. The Labute approximate surface area is 208 Å². The largest absolute Gasteiger partial charge is 0.458 e. The number of nitrogens with zero attached hydrogens (tertiary/aromatic N) is 3. The van der Waals surface area contributed by atoms with Crippen LogP contribution in [0.25, 0.3) is 22.3 Å². The molecule has 0 spiro atoms. The number of hydrogen-bond acceptors (Lipinski definition) is 9. The lowest BCUT2D eigenvalue weighted by Crippen LogP contribution is -2.32. The van der Waals surface area contributed by atoms with Crippen LogP contribution in [0.15, 0.2) is 23.0 Å². The van der Waals surface area contributed by atoms with Crippen molar-refractivity contribution in [2.75, 3.05) is 34.0 Å². The molecule has 10 heteroatoms. The van der Waals surface area contributed by atoms with Crippen LogP contribution in [0.4, 0.5) is 0 Å². The molecule has 2 N–H and O–H groups in total. The SMILES string of the molecule is CC.CNCCN(C)Cc1c2c(nc3cc4c(cc13)OCO4)-c1cc3c(c(=O)n1C2)COC(=O)C3O. The zero-order valence-electron chi connectivity index (χ0n) is 20.9. The van der Waals surface area contributed by atoms with Gasteiger partial charge in [-0.05, 0) is 31.8 Å². The zero-order chi connectivity index (χ0) is 25.6. The summed E-state index contributed by atoms with van der Waals surface area (Å²) in [5, 5.41) is 14.5. The van der Waals surface area contributed by atoms with Gasteiger partial charge in [-0.2, -0.15) is 0 Å². The second-order valence-electron chi connectivity index (χ2n) is 8.85. The number of cyclic esters (lactones) is 1. The maximum Gasteiger partial charge on any atom is 0.340 e. The van der Waals surface area contributed by atoms with Gasteiger partial charge in [-0.25, -0.2) is 9.78 Å². The van der Waals surface area contributed by atoms with Crippen molar-refractivity contribution in [2.24, 2.45) is 0 Å². The Morgan fingerprint density at radius 2 is 1.89 bits per heavy atom. The molecule has 3 aliphatic heterocycles. The summed E-state index contributed by atoms with van der Waals surface area (Å²) in [6, 6.07) is 5.52. The Bertz CT molecular complexity index is 1420. The molecule has 0 bridgehead atoms. The Kier molecular flexibility index (Phi) is 6.42. The highest BCUT2D eigenvalue weighted by atomic mass is 16.7. The van der Waals surface area contributed by atoms with E-state index >= 15 is 0 Å². The van der Waals surface area contributed by atoms with Crippen molar-refractivity contribution in [2.45, 2.75) is 39.6 Å². The minimum absolute atomic E-state index is 0.142. The fourth-order valence-corrected chi connectivity index (χ4v) is 4.93. The van der Waals surface area contributed by atoms with E-state index in [-0.39, 0.29) is 19.0 Å². The number of hydrogen-bond donors (Lipinski definition) is 2. The molecule has 1 aromatic carbocycles. The standard InChI is InChI=1S/C24H24N4O6.C2H6/c1-25-3-4-27(2)8-14-12-6-19-20(34-11-33-19)7-17(12)26-21-15(14)9-28-18(21)5-13-16(23(28)30)10-32-24(31)22(13)29;1-2/h5-7,22,25,29H,3-4,8-11H2,1-2H3;1-2H3. The van der Waals surface area contributed by atoms with Crippen LogP contribution < -0.4 is 20.3 Å². The van der Waals surface area contributed by atoms with Crippen LogP contribution in [0, 0.1) is 0 Å². The van der Waals surface area contributed by atoms with Crippen LogP contribution in [-0.2, 0) is 29.2 Å². The molecule has 190 valence electrons. The Hall–Kier alpha value is -3.47. The number of esters is 1. The molecule has 1 atom stereocenters. The molecule has 0 fully saturated rings. The first-order valence-corrected chi connectivity index (χ1v) is 12.2. The van der Waals surface area contributed by atoms with Gasteiger partial charge in [0.25, 0.3) is 5.56 Å². The van der Waals surface area contributed by atoms with E-state index in [1.165, 1.54) is 0 Å². The quantitative estimate of drug-likeness (QED) is 0.402. The Morgan fingerprint density at radius 1 is 1.14 bits per heavy atom. The van der Waals surface area contributed by atoms with Crippen molar-refractivity contribution in [3.05, 3.63) is 50.8 Å². The predicted octanol–water partition coefficient (Wildman–Crippen LogP) is 1.92. The van der Waals surface area contributed by atoms with Crippen molar-refractivity contribution in [1.82, 2.24) is 19.8 Å². The number of aliphatic hydroxyl groups is 1. The molecular formula is C26H30N4O6. The van der Waals surface area contributed by atoms with Crippen LogP contribution in [0.5, 0.6) is 11.5 Å². The molecule has 0 saturated heterocycles. The monoisotopic (exact) mass is 494 g/mol. The van der Waals surface area contributed by atoms with Gasteiger partial charge in [0.15, 0.2) is 17.6 Å². The highest BCUT2D eigenvalue weighted by molar-refractivity contribution is 5.91. The Morgan fingerprint density at radius 3 is 2.64 bits per heavy atom. The third-order valence-electron chi connectivity index (χ3n) is 6.74. The number of likely N-dealkylation sites (N-methyl/N-ethyl adjacent to an activating group) is 2. The number of aromatic nitrogens is 2. The lowest BCUT2D eigenvalue weighted by Gasteiger charge is -2.21. The van der Waals surface area contributed by atoms with E-state index in [9.17, 15) is 14.7 Å². The number of pyridine rings is 2. The lowest BCUT2D eigenvalue weighted by molar-refractivity contribution is -0.157. The molecule has 0 aliphatic carbocycles. The predicted molar refractivity (Wildman–Crippen MR) is 133 cm³/mol. The van der Waals surface area contributed by atoms with Crippen molar-refractivity contribution in [1.29, 1.82) is 0 Å². The normalized spacial score (nSPS) is 16.8. The van der Waals surface area contributed by atoms with Gasteiger partial charge in [0.05, 0.1) is 29.0 Å². The van der Waals surface area contributed by atoms with Gasteiger partial charge in [0, 0.05) is 42.2 Å². The molecule has 2 aromatic heterocycles. The summed E-state index contributed by atoms with van der Waals surface area (Å²) in [7, 11) is 3.97. The van der Waals surface area contributed by atoms with Gasteiger partial charge in [-0.15, -0.1) is 0 Å². The summed E-state index contributed by atoms with van der Waals surface area (Å²) >= 11 is 0. The molecule has 3 aliphatic rings. The maximum atomic E-state index is 13.3. The minimum Gasteiger partial charge on any atom is -0.458 e. The summed E-state index contributed by atoms with van der Waals surface area (Å²) in [5.41, 5.74) is 4.33.